The van der Waals surface area contributed by atoms with Crippen LogP contribution >= 0.6 is 0 Å². The number of benzene rings is 2. The second-order valence-corrected chi connectivity index (χ2v) is 11.3. The van der Waals surface area contributed by atoms with Gasteiger partial charge in [-0.05, 0) is 74.8 Å². The number of amides is 1. The summed E-state index contributed by atoms with van der Waals surface area (Å²) in [4.78, 5) is 27.8. The van der Waals surface area contributed by atoms with Crippen LogP contribution in [0.15, 0.2) is 48.5 Å². The van der Waals surface area contributed by atoms with Crippen LogP contribution in [0.5, 0.6) is 5.75 Å². The molecule has 0 bridgehead atoms. The highest BCUT2D eigenvalue weighted by atomic mass is 16.6. The van der Waals surface area contributed by atoms with Crippen molar-refractivity contribution in [3.63, 3.8) is 0 Å². The topological polar surface area (TPSA) is 67.9 Å². The van der Waals surface area contributed by atoms with Crippen molar-refractivity contribution in [3.8, 4) is 5.75 Å². The van der Waals surface area contributed by atoms with Gasteiger partial charge in [-0.3, -0.25) is 4.79 Å². The highest BCUT2D eigenvalue weighted by Gasteiger charge is 2.31. The molecule has 1 heterocycles. The molecule has 1 fully saturated rings. The molecule has 38 heavy (non-hydrogen) atoms. The molecule has 1 saturated heterocycles. The van der Waals surface area contributed by atoms with E-state index in [2.05, 4.69) is 55.3 Å². The average molecular weight is 523 g/mol. The van der Waals surface area contributed by atoms with Crippen LogP contribution in [0.2, 0.25) is 0 Å². The van der Waals surface area contributed by atoms with Crippen molar-refractivity contribution in [1.29, 1.82) is 0 Å². The third-order valence-electron chi connectivity index (χ3n) is 7.13. The Morgan fingerprint density at radius 3 is 2.32 bits per heavy atom. The zero-order chi connectivity index (χ0) is 27.7. The lowest BCUT2D eigenvalue weighted by Crippen LogP contribution is -2.40. The molecular weight excluding hydrogens is 476 g/mol. The summed E-state index contributed by atoms with van der Waals surface area (Å²) in [5.41, 5.74) is 2.27. The van der Waals surface area contributed by atoms with Crippen LogP contribution in [0.1, 0.15) is 84.4 Å². The first kappa shape index (κ1) is 29.5. The van der Waals surface area contributed by atoms with Crippen molar-refractivity contribution >= 4 is 17.6 Å². The van der Waals surface area contributed by atoms with E-state index in [0.717, 1.165) is 37.9 Å². The molecular formula is C32H46N2O4. The Hall–Kier alpha value is -3.02. The molecule has 208 valence electrons. The van der Waals surface area contributed by atoms with Crippen molar-refractivity contribution in [2.24, 2.45) is 11.8 Å². The molecule has 3 atom stereocenters. The van der Waals surface area contributed by atoms with E-state index in [4.69, 9.17) is 9.47 Å². The Kier molecular flexibility index (Phi) is 10.6. The van der Waals surface area contributed by atoms with Crippen molar-refractivity contribution in [1.82, 2.24) is 5.32 Å². The molecule has 1 unspecified atom stereocenters. The summed E-state index contributed by atoms with van der Waals surface area (Å²) in [6, 6.07) is 15.9. The van der Waals surface area contributed by atoms with Crippen molar-refractivity contribution in [2.45, 2.75) is 85.3 Å². The van der Waals surface area contributed by atoms with E-state index >= 15 is 0 Å². The Bertz CT molecular complexity index is 1040. The summed E-state index contributed by atoms with van der Waals surface area (Å²) in [5.74, 6) is 1.47. The first-order chi connectivity index (χ1) is 18.1. The van der Waals surface area contributed by atoms with Gasteiger partial charge in [0.15, 0.2) is 5.60 Å². The number of hydrogen-bond donors (Lipinski definition) is 1. The number of nitrogens with zero attached hydrogens (tertiary/aromatic N) is 1. The van der Waals surface area contributed by atoms with Gasteiger partial charge < -0.3 is 19.7 Å². The monoisotopic (exact) mass is 522 g/mol. The van der Waals surface area contributed by atoms with E-state index in [0.29, 0.717) is 24.2 Å². The summed E-state index contributed by atoms with van der Waals surface area (Å²) in [5, 5.41) is 3.34. The molecule has 0 saturated carbocycles. The zero-order valence-corrected chi connectivity index (χ0v) is 24.1. The van der Waals surface area contributed by atoms with Crippen LogP contribution in [0.4, 0.5) is 5.69 Å². The summed E-state index contributed by atoms with van der Waals surface area (Å²) in [7, 11) is 0. The number of carbonyl (C=O) groups excluding carboxylic acids is 2. The second kappa shape index (κ2) is 13.7. The van der Waals surface area contributed by atoms with Crippen LogP contribution in [0, 0.1) is 11.8 Å². The van der Waals surface area contributed by atoms with E-state index < -0.39 is 11.6 Å². The number of para-hydroxylation sites is 1. The van der Waals surface area contributed by atoms with Crippen molar-refractivity contribution in [3.05, 3.63) is 59.7 Å². The van der Waals surface area contributed by atoms with Gasteiger partial charge in [0.25, 0.3) is 0 Å². The standard InChI is InChI=1S/C32H46N2O4/c1-7-9-13-28(27-12-10-11-14-29(27)34-21-23(3)19-24(4)22-34)33-30(35)20-25-15-17-26(18-16-25)38-32(5,6)31(36)37-8-2/h10-12,14-18,23-24,28H,7-9,13,19-22H2,1-6H3,(H,33,35)/t23-,24+,28?. The third kappa shape index (κ3) is 8.24. The molecule has 2 aromatic rings. The second-order valence-electron chi connectivity index (χ2n) is 11.3. The van der Waals surface area contributed by atoms with E-state index in [1.807, 2.05) is 12.1 Å². The maximum Gasteiger partial charge on any atom is 0.349 e. The molecule has 6 nitrogen and oxygen atoms in total. The number of unbranched alkanes of at least 4 members (excludes halogenated alkanes) is 1. The normalized spacial score (nSPS) is 18.5. The molecule has 6 heteroatoms. The summed E-state index contributed by atoms with van der Waals surface area (Å²) in [6.45, 7) is 14.4. The van der Waals surface area contributed by atoms with Crippen LogP contribution in [0.25, 0.3) is 0 Å². The highest BCUT2D eigenvalue weighted by Crippen LogP contribution is 2.33. The molecule has 3 rings (SSSR count). The fourth-order valence-electron chi connectivity index (χ4n) is 5.39. The Labute approximate surface area is 229 Å². The number of rotatable bonds is 12. The van der Waals surface area contributed by atoms with Gasteiger partial charge in [0.2, 0.25) is 5.91 Å². The first-order valence-corrected chi connectivity index (χ1v) is 14.2. The lowest BCUT2D eigenvalue weighted by Gasteiger charge is -2.38. The van der Waals surface area contributed by atoms with Gasteiger partial charge in [-0.15, -0.1) is 0 Å². The van der Waals surface area contributed by atoms with Crippen LogP contribution in [-0.4, -0.2) is 37.2 Å². The van der Waals surface area contributed by atoms with Crippen LogP contribution < -0.4 is 15.0 Å². The van der Waals surface area contributed by atoms with Crippen LogP contribution in [-0.2, 0) is 20.7 Å². The number of esters is 1. The molecule has 0 radical (unpaired) electrons. The number of hydrogen-bond acceptors (Lipinski definition) is 5. The van der Waals surface area contributed by atoms with Gasteiger partial charge in [0.05, 0.1) is 19.1 Å². The van der Waals surface area contributed by atoms with Gasteiger partial charge in [-0.2, -0.15) is 0 Å². The summed E-state index contributed by atoms with van der Waals surface area (Å²) in [6.07, 6.45) is 4.58. The number of carbonyl (C=O) groups is 2. The minimum Gasteiger partial charge on any atom is -0.476 e. The van der Waals surface area contributed by atoms with Gasteiger partial charge in [0.1, 0.15) is 5.75 Å². The Balaban J connectivity index is 1.70. The third-order valence-corrected chi connectivity index (χ3v) is 7.13. The van der Waals surface area contributed by atoms with Gasteiger partial charge in [-0.25, -0.2) is 4.79 Å². The SMILES string of the molecule is CCCCC(NC(=O)Cc1ccc(OC(C)(C)C(=O)OCC)cc1)c1ccccc1N1C[C@H](C)C[C@H](C)C1. The lowest BCUT2D eigenvalue weighted by molar-refractivity contribution is -0.158. The minimum absolute atomic E-state index is 0.00167. The van der Waals surface area contributed by atoms with E-state index in [9.17, 15) is 9.59 Å². The lowest BCUT2D eigenvalue weighted by atomic mass is 9.90. The van der Waals surface area contributed by atoms with E-state index in [-0.39, 0.29) is 18.4 Å². The molecule has 1 aliphatic rings. The highest BCUT2D eigenvalue weighted by molar-refractivity contribution is 5.80. The molecule has 0 spiro atoms. The molecule has 0 aromatic heterocycles. The first-order valence-electron chi connectivity index (χ1n) is 14.2. The Morgan fingerprint density at radius 2 is 1.68 bits per heavy atom. The minimum atomic E-state index is -1.08. The van der Waals surface area contributed by atoms with Crippen LogP contribution in [0.3, 0.4) is 0 Å². The summed E-state index contributed by atoms with van der Waals surface area (Å²) >= 11 is 0. The maximum absolute atomic E-state index is 13.2. The fourth-order valence-corrected chi connectivity index (χ4v) is 5.39. The van der Waals surface area contributed by atoms with Gasteiger partial charge in [0, 0.05) is 18.8 Å². The molecule has 1 amide bonds. The van der Waals surface area contributed by atoms with Crippen molar-refractivity contribution < 1.29 is 19.1 Å². The molecule has 0 aliphatic carbocycles. The molecule has 1 aliphatic heterocycles. The zero-order valence-electron chi connectivity index (χ0n) is 24.1. The predicted octanol–water partition coefficient (Wildman–Crippen LogP) is 6.48. The average Bonchev–Trinajstić information content (AvgIpc) is 2.87. The maximum atomic E-state index is 13.2. The predicted molar refractivity (Wildman–Crippen MR) is 153 cm³/mol. The Morgan fingerprint density at radius 1 is 1.03 bits per heavy atom. The summed E-state index contributed by atoms with van der Waals surface area (Å²) < 4.78 is 10.9. The van der Waals surface area contributed by atoms with Gasteiger partial charge >= 0.3 is 5.97 Å². The smallest absolute Gasteiger partial charge is 0.349 e. The number of nitrogens with one attached hydrogen (secondary N) is 1. The van der Waals surface area contributed by atoms with E-state index in [1.165, 1.54) is 17.7 Å². The quantitative estimate of drug-likeness (QED) is 0.323. The largest absolute Gasteiger partial charge is 0.476 e. The van der Waals surface area contributed by atoms with E-state index in [1.54, 1.807) is 32.9 Å². The number of anilines is 1. The molecule has 1 N–H and O–H groups in total. The van der Waals surface area contributed by atoms with Gasteiger partial charge in [-0.1, -0.05) is 63.9 Å². The fraction of sp³-hybridized carbons (Fsp3) is 0.562. The molecule has 2 aromatic carbocycles. The number of piperidine rings is 1. The van der Waals surface area contributed by atoms with Crippen molar-refractivity contribution in [2.75, 3.05) is 24.6 Å². The number of ether oxygens (including phenoxy) is 2.